The Balaban J connectivity index is 1.39. The van der Waals surface area contributed by atoms with Crippen LogP contribution in [0.2, 0.25) is 0 Å². The zero-order valence-corrected chi connectivity index (χ0v) is 16.7. The van der Waals surface area contributed by atoms with Crippen molar-refractivity contribution >= 4 is 11.7 Å². The van der Waals surface area contributed by atoms with Gasteiger partial charge in [-0.3, -0.25) is 4.79 Å². The Labute approximate surface area is 179 Å². The Morgan fingerprint density at radius 2 is 1.97 bits per heavy atom. The fraction of sp³-hybridized carbons (Fsp3) is 0.286. The van der Waals surface area contributed by atoms with Gasteiger partial charge in [-0.15, -0.1) is 0 Å². The van der Waals surface area contributed by atoms with Crippen molar-refractivity contribution in [3.8, 4) is 11.3 Å². The molecule has 1 amide bonds. The Morgan fingerprint density at radius 3 is 2.75 bits per heavy atom. The number of benzene rings is 1. The zero-order valence-electron chi connectivity index (χ0n) is 16.7. The van der Waals surface area contributed by atoms with Crippen LogP contribution in [-0.4, -0.2) is 48.6 Å². The van der Waals surface area contributed by atoms with Gasteiger partial charge in [0.15, 0.2) is 5.69 Å². The number of halogens is 3. The van der Waals surface area contributed by atoms with Gasteiger partial charge in [-0.25, -0.2) is 4.98 Å². The van der Waals surface area contributed by atoms with Crippen molar-refractivity contribution in [2.75, 3.05) is 13.1 Å². The molecule has 164 valence electrons. The highest BCUT2D eigenvalue weighted by Gasteiger charge is 2.37. The van der Waals surface area contributed by atoms with E-state index in [1.165, 1.54) is 0 Å². The van der Waals surface area contributed by atoms with Gasteiger partial charge in [-0.2, -0.15) is 27.8 Å². The van der Waals surface area contributed by atoms with E-state index in [9.17, 15) is 18.0 Å². The molecule has 0 saturated carbocycles. The summed E-state index contributed by atoms with van der Waals surface area (Å²) in [4.78, 5) is 22.6. The van der Waals surface area contributed by atoms with Crippen LogP contribution in [0.4, 0.5) is 13.2 Å². The van der Waals surface area contributed by atoms with Gasteiger partial charge in [0.1, 0.15) is 12.0 Å². The number of hydrogen-bond acceptors (Lipinski definition) is 6. The minimum absolute atomic E-state index is 0.0846. The third-order valence-electron chi connectivity index (χ3n) is 5.48. The first kappa shape index (κ1) is 20.2. The van der Waals surface area contributed by atoms with Crippen molar-refractivity contribution in [1.29, 1.82) is 0 Å². The largest absolute Gasteiger partial charge is 0.433 e. The van der Waals surface area contributed by atoms with E-state index in [0.717, 1.165) is 18.0 Å². The smallest absolute Gasteiger partial charge is 0.350 e. The van der Waals surface area contributed by atoms with Crippen LogP contribution >= 0.6 is 0 Å². The first-order valence-electron chi connectivity index (χ1n) is 9.99. The number of likely N-dealkylation sites (tertiary alicyclic amines) is 1. The molecule has 5 rings (SSSR count). The summed E-state index contributed by atoms with van der Waals surface area (Å²) < 4.78 is 46.5. The standard InChI is InChI=1S/C21H17F3N6O2/c22-21(23,24)18-10-15(27-20-25-12-26-30(18)20)14-7-4-8-29(11-14)19(31)17-9-16(28-32-17)13-5-2-1-3-6-13/h1-3,5-6,9-10,12,14H,4,7-8,11H2/t14-/m0/s1. The van der Waals surface area contributed by atoms with Gasteiger partial charge in [0, 0.05) is 30.6 Å². The number of aromatic nitrogens is 5. The van der Waals surface area contributed by atoms with Crippen LogP contribution in [0, 0.1) is 0 Å². The number of rotatable bonds is 3. The van der Waals surface area contributed by atoms with Crippen molar-refractivity contribution in [1.82, 2.24) is 29.6 Å². The van der Waals surface area contributed by atoms with Gasteiger partial charge < -0.3 is 9.42 Å². The molecule has 11 heteroatoms. The van der Waals surface area contributed by atoms with Gasteiger partial charge in [-0.05, 0) is 18.9 Å². The van der Waals surface area contributed by atoms with Crippen LogP contribution in [0.15, 0.2) is 53.3 Å². The molecule has 0 N–H and O–H groups in total. The molecule has 1 fully saturated rings. The zero-order chi connectivity index (χ0) is 22.3. The number of hydrogen-bond donors (Lipinski definition) is 0. The summed E-state index contributed by atoms with van der Waals surface area (Å²) in [6.45, 7) is 0.685. The second kappa shape index (κ2) is 7.74. The van der Waals surface area contributed by atoms with Gasteiger partial charge in [0.05, 0.1) is 5.69 Å². The number of carbonyl (C=O) groups excluding carboxylic acids is 1. The van der Waals surface area contributed by atoms with E-state index in [-0.39, 0.29) is 35.6 Å². The quantitative estimate of drug-likeness (QED) is 0.479. The summed E-state index contributed by atoms with van der Waals surface area (Å²) in [7, 11) is 0. The first-order chi connectivity index (χ1) is 15.4. The number of nitrogens with zero attached hydrogens (tertiary/aromatic N) is 6. The number of alkyl halides is 3. The summed E-state index contributed by atoms with van der Waals surface area (Å²) in [5.74, 6) is -0.765. The van der Waals surface area contributed by atoms with Gasteiger partial charge in [-0.1, -0.05) is 35.5 Å². The molecule has 0 spiro atoms. The van der Waals surface area contributed by atoms with E-state index < -0.39 is 11.9 Å². The van der Waals surface area contributed by atoms with E-state index in [1.807, 2.05) is 30.3 Å². The van der Waals surface area contributed by atoms with Crippen molar-refractivity contribution in [3.05, 3.63) is 65.9 Å². The van der Waals surface area contributed by atoms with Crippen molar-refractivity contribution < 1.29 is 22.5 Å². The molecule has 0 bridgehead atoms. The van der Waals surface area contributed by atoms with Crippen LogP contribution in [0.25, 0.3) is 17.0 Å². The monoisotopic (exact) mass is 442 g/mol. The molecule has 1 atom stereocenters. The first-order valence-corrected chi connectivity index (χ1v) is 9.99. The summed E-state index contributed by atoms with van der Waals surface area (Å²) in [5, 5.41) is 7.59. The molecular weight excluding hydrogens is 425 g/mol. The van der Waals surface area contributed by atoms with Gasteiger partial charge in [0.25, 0.3) is 11.7 Å². The number of fused-ring (bicyclic) bond motifs is 1. The lowest BCUT2D eigenvalue weighted by atomic mass is 9.94. The van der Waals surface area contributed by atoms with Gasteiger partial charge in [0.2, 0.25) is 5.76 Å². The van der Waals surface area contributed by atoms with E-state index in [1.54, 1.807) is 11.0 Å². The highest BCUT2D eigenvalue weighted by Crippen LogP contribution is 2.33. The Bertz CT molecular complexity index is 1270. The fourth-order valence-electron chi connectivity index (χ4n) is 3.92. The molecular formula is C21H17F3N6O2. The Morgan fingerprint density at radius 1 is 1.16 bits per heavy atom. The summed E-state index contributed by atoms with van der Waals surface area (Å²) in [5.41, 5.74) is 0.646. The molecule has 0 unspecified atom stereocenters. The molecule has 32 heavy (non-hydrogen) atoms. The van der Waals surface area contributed by atoms with E-state index in [4.69, 9.17) is 4.52 Å². The van der Waals surface area contributed by atoms with Crippen molar-refractivity contribution in [2.45, 2.75) is 24.9 Å². The topological polar surface area (TPSA) is 89.4 Å². The van der Waals surface area contributed by atoms with E-state index in [0.29, 0.717) is 29.6 Å². The lowest BCUT2D eigenvalue weighted by Gasteiger charge is -2.32. The minimum atomic E-state index is -4.61. The molecule has 1 aliphatic rings. The second-order valence-electron chi connectivity index (χ2n) is 7.57. The number of carbonyl (C=O) groups is 1. The van der Waals surface area contributed by atoms with Crippen molar-refractivity contribution in [3.63, 3.8) is 0 Å². The third-order valence-corrected chi connectivity index (χ3v) is 5.48. The summed E-state index contributed by atoms with van der Waals surface area (Å²) in [6, 6.07) is 11.9. The molecule has 4 heterocycles. The average Bonchev–Trinajstić information content (AvgIpc) is 3.48. The molecule has 1 aromatic carbocycles. The molecule has 0 radical (unpaired) electrons. The van der Waals surface area contributed by atoms with Crippen LogP contribution in [0.5, 0.6) is 0 Å². The molecule has 3 aromatic heterocycles. The van der Waals surface area contributed by atoms with Crippen LogP contribution in [-0.2, 0) is 6.18 Å². The highest BCUT2D eigenvalue weighted by molar-refractivity contribution is 5.92. The van der Waals surface area contributed by atoms with Crippen LogP contribution < -0.4 is 0 Å². The predicted molar refractivity (Wildman–Crippen MR) is 106 cm³/mol. The van der Waals surface area contributed by atoms with E-state index in [2.05, 4.69) is 20.2 Å². The maximum Gasteiger partial charge on any atom is 0.433 e. The number of amides is 1. The van der Waals surface area contributed by atoms with Crippen LogP contribution in [0.1, 0.15) is 40.7 Å². The summed E-state index contributed by atoms with van der Waals surface area (Å²) in [6.07, 6.45) is -2.35. The lowest BCUT2D eigenvalue weighted by Crippen LogP contribution is -2.39. The predicted octanol–water partition coefficient (Wildman–Crippen LogP) is 3.82. The second-order valence-corrected chi connectivity index (χ2v) is 7.57. The Kier molecular flexibility index (Phi) is 4.87. The molecule has 4 aromatic rings. The van der Waals surface area contributed by atoms with Gasteiger partial charge >= 0.3 is 6.18 Å². The molecule has 1 saturated heterocycles. The average molecular weight is 442 g/mol. The number of piperidine rings is 1. The maximum atomic E-state index is 13.5. The normalized spacial score (nSPS) is 17.1. The molecule has 1 aliphatic heterocycles. The fourth-order valence-corrected chi connectivity index (χ4v) is 3.92. The summed E-state index contributed by atoms with van der Waals surface area (Å²) >= 11 is 0. The third kappa shape index (κ3) is 3.70. The minimum Gasteiger partial charge on any atom is -0.350 e. The van der Waals surface area contributed by atoms with E-state index >= 15 is 0 Å². The highest BCUT2D eigenvalue weighted by atomic mass is 19.4. The Hall–Kier alpha value is -3.76. The molecule has 0 aliphatic carbocycles. The molecule has 8 nitrogen and oxygen atoms in total. The lowest BCUT2D eigenvalue weighted by molar-refractivity contribution is -0.142. The van der Waals surface area contributed by atoms with Crippen LogP contribution in [0.3, 0.4) is 0 Å². The SMILES string of the molecule is O=C(c1cc(-c2ccccc2)no1)N1CCC[C@H](c2cc(C(F)(F)F)n3ncnc3n2)C1. The maximum absolute atomic E-state index is 13.5. The van der Waals surface area contributed by atoms with Crippen molar-refractivity contribution in [2.24, 2.45) is 0 Å².